The second-order valence-corrected chi connectivity index (χ2v) is 7.39. The number of rotatable bonds is 4. The van der Waals surface area contributed by atoms with E-state index in [4.69, 9.17) is 0 Å². The number of benzene rings is 1. The number of nitrogens with zero attached hydrogens (tertiary/aromatic N) is 5. The summed E-state index contributed by atoms with van der Waals surface area (Å²) in [5, 5.41) is 2.67. The molecule has 1 aliphatic heterocycles. The number of carbonyl (C=O) groups excluding carboxylic acids is 2. The van der Waals surface area contributed by atoms with Gasteiger partial charge in [0.05, 0.1) is 6.33 Å². The molecule has 3 aromatic rings. The van der Waals surface area contributed by atoms with Crippen molar-refractivity contribution < 1.29 is 9.59 Å². The molecule has 0 aliphatic carbocycles. The summed E-state index contributed by atoms with van der Waals surface area (Å²) in [6.07, 6.45) is 3.43. The van der Waals surface area contributed by atoms with E-state index in [-0.39, 0.29) is 17.1 Å². The highest BCUT2D eigenvalue weighted by Crippen LogP contribution is 2.16. The van der Waals surface area contributed by atoms with Gasteiger partial charge in [0, 0.05) is 38.4 Å². The van der Waals surface area contributed by atoms with E-state index in [1.165, 1.54) is 22.5 Å². The fraction of sp³-hybridized carbons (Fsp3) is 0.350. The minimum Gasteiger partial charge on any atom is -0.339 e. The van der Waals surface area contributed by atoms with Crippen molar-refractivity contribution in [1.29, 1.82) is 0 Å². The Kier molecular flexibility index (Phi) is 4.98. The Bertz CT molecular complexity index is 1260. The average molecular weight is 410 g/mol. The molecule has 1 aromatic carbocycles. The molecule has 0 atom stereocenters. The molecule has 1 N–H and O–H groups in total. The van der Waals surface area contributed by atoms with Gasteiger partial charge in [-0.3, -0.25) is 19.0 Å². The molecule has 10 heteroatoms. The maximum Gasteiger partial charge on any atom is 0.332 e. The van der Waals surface area contributed by atoms with E-state index >= 15 is 0 Å². The highest BCUT2D eigenvalue weighted by Gasteiger charge is 2.20. The largest absolute Gasteiger partial charge is 0.339 e. The Hall–Kier alpha value is -3.69. The highest BCUT2D eigenvalue weighted by atomic mass is 16.2. The minimum absolute atomic E-state index is 0.0738. The number of amides is 2. The summed E-state index contributed by atoms with van der Waals surface area (Å²) in [6, 6.07) is 6.65. The average Bonchev–Trinajstić information content (AvgIpc) is 3.39. The molecule has 2 aromatic heterocycles. The van der Waals surface area contributed by atoms with Crippen LogP contribution >= 0.6 is 0 Å². The molecule has 0 bridgehead atoms. The molecule has 1 saturated heterocycles. The van der Waals surface area contributed by atoms with Gasteiger partial charge in [-0.25, -0.2) is 14.3 Å². The lowest BCUT2D eigenvalue weighted by Gasteiger charge is -2.16. The first-order chi connectivity index (χ1) is 14.4. The number of aromatic nitrogens is 4. The van der Waals surface area contributed by atoms with Gasteiger partial charge in [0.25, 0.3) is 11.5 Å². The second-order valence-electron chi connectivity index (χ2n) is 7.39. The van der Waals surface area contributed by atoms with Gasteiger partial charge in [-0.1, -0.05) is 6.07 Å². The van der Waals surface area contributed by atoms with Crippen LogP contribution in [0.1, 0.15) is 23.2 Å². The lowest BCUT2D eigenvalue weighted by atomic mass is 10.1. The van der Waals surface area contributed by atoms with Crippen molar-refractivity contribution in [3.05, 3.63) is 57.0 Å². The van der Waals surface area contributed by atoms with E-state index in [1.54, 1.807) is 36.2 Å². The first-order valence-electron chi connectivity index (χ1n) is 9.67. The van der Waals surface area contributed by atoms with Gasteiger partial charge < -0.3 is 14.8 Å². The van der Waals surface area contributed by atoms with Crippen LogP contribution in [-0.4, -0.2) is 48.5 Å². The van der Waals surface area contributed by atoms with Crippen LogP contribution in [0.5, 0.6) is 0 Å². The van der Waals surface area contributed by atoms with E-state index in [0.717, 1.165) is 30.5 Å². The Morgan fingerprint density at radius 1 is 1.13 bits per heavy atom. The van der Waals surface area contributed by atoms with Crippen molar-refractivity contribution in [3.63, 3.8) is 0 Å². The minimum atomic E-state index is -0.626. The van der Waals surface area contributed by atoms with Gasteiger partial charge in [0.1, 0.15) is 6.54 Å². The van der Waals surface area contributed by atoms with Gasteiger partial charge in [-0.05, 0) is 31.0 Å². The van der Waals surface area contributed by atoms with Crippen molar-refractivity contribution >= 4 is 28.7 Å². The smallest absolute Gasteiger partial charge is 0.332 e. The van der Waals surface area contributed by atoms with Crippen LogP contribution in [0.15, 0.2) is 40.2 Å². The van der Waals surface area contributed by atoms with Gasteiger partial charge in [0.2, 0.25) is 5.91 Å². The number of hydrogen-bond acceptors (Lipinski definition) is 5. The Balaban J connectivity index is 1.57. The normalized spacial score (nSPS) is 13.7. The number of fused-ring (bicyclic) bond motifs is 1. The second kappa shape index (κ2) is 7.62. The van der Waals surface area contributed by atoms with Crippen molar-refractivity contribution in [2.75, 3.05) is 18.4 Å². The van der Waals surface area contributed by atoms with E-state index in [1.807, 2.05) is 0 Å². The van der Waals surface area contributed by atoms with Gasteiger partial charge in [-0.15, -0.1) is 0 Å². The Labute approximate surface area is 171 Å². The Morgan fingerprint density at radius 3 is 2.60 bits per heavy atom. The fourth-order valence-electron chi connectivity index (χ4n) is 3.71. The molecule has 10 nitrogen and oxygen atoms in total. The molecule has 1 aliphatic rings. The predicted octanol–water partition coefficient (Wildman–Crippen LogP) is 0.308. The third-order valence-corrected chi connectivity index (χ3v) is 5.29. The lowest BCUT2D eigenvalue weighted by Crippen LogP contribution is -2.42. The third-order valence-electron chi connectivity index (χ3n) is 5.29. The number of likely N-dealkylation sites (tertiary alicyclic amines) is 1. The van der Waals surface area contributed by atoms with Crippen molar-refractivity contribution in [3.8, 4) is 0 Å². The van der Waals surface area contributed by atoms with Crippen LogP contribution in [0.25, 0.3) is 11.2 Å². The molecule has 4 rings (SSSR count). The van der Waals surface area contributed by atoms with Crippen LogP contribution in [0.2, 0.25) is 0 Å². The first-order valence-corrected chi connectivity index (χ1v) is 9.67. The molecule has 30 heavy (non-hydrogen) atoms. The summed E-state index contributed by atoms with van der Waals surface area (Å²) in [4.78, 5) is 56.2. The summed E-state index contributed by atoms with van der Waals surface area (Å²) < 4.78 is 3.62. The highest BCUT2D eigenvalue weighted by molar-refractivity contribution is 5.97. The SMILES string of the molecule is Cn1cnc2c1c(=O)n(CC(=O)Nc1cccc(C(=O)N3CCCC3)c1)c(=O)n2C. The van der Waals surface area contributed by atoms with Crippen LogP contribution in [-0.2, 0) is 25.4 Å². The zero-order chi connectivity index (χ0) is 21.4. The van der Waals surface area contributed by atoms with E-state index in [2.05, 4.69) is 10.3 Å². The number of anilines is 1. The predicted molar refractivity (Wildman–Crippen MR) is 110 cm³/mol. The standard InChI is InChI=1S/C20H22N6O4/c1-23-12-21-17-16(23)19(29)26(20(30)24(17)2)11-15(27)22-14-7-5-6-13(10-14)18(28)25-8-3-4-9-25/h5-7,10,12H,3-4,8-9,11H2,1-2H3,(H,22,27). The number of aryl methyl sites for hydroxylation is 2. The molecule has 2 amide bonds. The quantitative estimate of drug-likeness (QED) is 0.665. The molecule has 0 radical (unpaired) electrons. The van der Waals surface area contributed by atoms with Crippen molar-refractivity contribution in [2.24, 2.45) is 14.1 Å². The van der Waals surface area contributed by atoms with E-state index < -0.39 is 23.7 Å². The van der Waals surface area contributed by atoms with E-state index in [0.29, 0.717) is 11.3 Å². The Morgan fingerprint density at radius 2 is 1.87 bits per heavy atom. The van der Waals surface area contributed by atoms with Crippen molar-refractivity contribution in [1.82, 2.24) is 23.6 Å². The summed E-state index contributed by atoms with van der Waals surface area (Å²) >= 11 is 0. The number of nitrogens with one attached hydrogen (secondary N) is 1. The van der Waals surface area contributed by atoms with Crippen LogP contribution in [0.4, 0.5) is 5.69 Å². The molecule has 0 unspecified atom stereocenters. The van der Waals surface area contributed by atoms with E-state index in [9.17, 15) is 19.2 Å². The van der Waals surface area contributed by atoms with Crippen LogP contribution < -0.4 is 16.6 Å². The molecule has 0 spiro atoms. The summed E-state index contributed by atoms with van der Waals surface area (Å²) in [5.41, 5.74) is 0.205. The molecule has 156 valence electrons. The van der Waals surface area contributed by atoms with Crippen LogP contribution in [0, 0.1) is 0 Å². The maximum absolute atomic E-state index is 12.7. The number of carbonyl (C=O) groups is 2. The summed E-state index contributed by atoms with van der Waals surface area (Å²) in [6.45, 7) is 1.02. The molecule has 0 saturated carbocycles. The summed E-state index contributed by atoms with van der Waals surface area (Å²) in [5.74, 6) is -0.614. The number of hydrogen-bond donors (Lipinski definition) is 1. The number of imidazole rings is 1. The zero-order valence-corrected chi connectivity index (χ0v) is 16.8. The molecular weight excluding hydrogens is 388 g/mol. The topological polar surface area (TPSA) is 111 Å². The van der Waals surface area contributed by atoms with Gasteiger partial charge >= 0.3 is 5.69 Å². The fourth-order valence-corrected chi connectivity index (χ4v) is 3.71. The zero-order valence-electron chi connectivity index (χ0n) is 16.8. The third kappa shape index (κ3) is 3.40. The molecule has 3 heterocycles. The lowest BCUT2D eigenvalue weighted by molar-refractivity contribution is -0.116. The van der Waals surface area contributed by atoms with Crippen LogP contribution in [0.3, 0.4) is 0 Å². The maximum atomic E-state index is 12.7. The molecule has 1 fully saturated rings. The van der Waals surface area contributed by atoms with Gasteiger partial charge in [-0.2, -0.15) is 0 Å². The monoisotopic (exact) mass is 410 g/mol. The van der Waals surface area contributed by atoms with Crippen molar-refractivity contribution in [2.45, 2.75) is 19.4 Å². The van der Waals surface area contributed by atoms with Gasteiger partial charge in [0.15, 0.2) is 11.2 Å². The molecular formula is C20H22N6O4. The summed E-state index contributed by atoms with van der Waals surface area (Å²) in [7, 11) is 3.15. The first kappa shape index (κ1) is 19.6.